The van der Waals surface area contributed by atoms with E-state index in [0.29, 0.717) is 0 Å². The van der Waals surface area contributed by atoms with Crippen LogP contribution in [0.3, 0.4) is 0 Å². The topological polar surface area (TPSA) is 30.7 Å². The van der Waals surface area contributed by atoms with E-state index in [-0.39, 0.29) is 51.0 Å². The SMILES string of the molecule is CC1=[C-]CC=C1.Cl.Cl.[Zr+2].c1ccc2c(c1)cc[c-]2-n1cnnc1. The van der Waals surface area contributed by atoms with Gasteiger partial charge in [-0.3, -0.25) is 6.08 Å². The largest absolute Gasteiger partial charge is 2.00 e. The minimum absolute atomic E-state index is 0. The van der Waals surface area contributed by atoms with E-state index in [1.54, 1.807) is 12.7 Å². The molecule has 6 heteroatoms. The van der Waals surface area contributed by atoms with E-state index in [9.17, 15) is 0 Å². The molecule has 0 fully saturated rings. The average molecular weight is 425 g/mol. The Balaban J connectivity index is 0.000000469. The van der Waals surface area contributed by atoms with E-state index >= 15 is 0 Å². The molecule has 0 radical (unpaired) electrons. The predicted octanol–water partition coefficient (Wildman–Crippen LogP) is 4.68. The van der Waals surface area contributed by atoms with Crippen LogP contribution in [0.25, 0.3) is 16.5 Å². The Morgan fingerprint density at radius 1 is 1.09 bits per heavy atom. The number of hydrogen-bond acceptors (Lipinski definition) is 2. The first-order valence-electron chi connectivity index (χ1n) is 6.58. The monoisotopic (exact) mass is 423 g/mol. The van der Waals surface area contributed by atoms with Crippen molar-refractivity contribution in [2.75, 3.05) is 0 Å². The summed E-state index contributed by atoms with van der Waals surface area (Å²) in [6.07, 6.45) is 11.8. The molecule has 0 saturated heterocycles. The summed E-state index contributed by atoms with van der Waals surface area (Å²) < 4.78 is 1.92. The van der Waals surface area contributed by atoms with Gasteiger partial charge in [0, 0.05) is 0 Å². The second-order valence-electron chi connectivity index (χ2n) is 4.64. The molecule has 3 nitrogen and oxygen atoms in total. The first-order valence-corrected chi connectivity index (χ1v) is 6.58. The second-order valence-corrected chi connectivity index (χ2v) is 4.64. The molecule has 0 aliphatic heterocycles. The molecule has 3 aromatic rings. The Hall–Kier alpha value is -1.09. The van der Waals surface area contributed by atoms with E-state index in [1.807, 2.05) is 16.7 Å². The normalized spacial score (nSPS) is 11.4. The van der Waals surface area contributed by atoms with Crippen molar-refractivity contribution in [3.8, 4) is 5.69 Å². The molecule has 4 rings (SSSR count). The van der Waals surface area contributed by atoms with Crippen molar-refractivity contribution in [2.45, 2.75) is 13.3 Å². The van der Waals surface area contributed by atoms with Gasteiger partial charge >= 0.3 is 26.2 Å². The predicted molar refractivity (Wildman–Crippen MR) is 95.1 cm³/mol. The molecule has 0 N–H and O–H groups in total. The van der Waals surface area contributed by atoms with Gasteiger partial charge in [0.1, 0.15) is 0 Å². The zero-order valence-electron chi connectivity index (χ0n) is 12.6. The minimum Gasteiger partial charge on any atom is -0.370 e. The Morgan fingerprint density at radius 2 is 1.78 bits per heavy atom. The summed E-state index contributed by atoms with van der Waals surface area (Å²) in [7, 11) is 0. The maximum atomic E-state index is 3.80. The summed E-state index contributed by atoms with van der Waals surface area (Å²) in [6.45, 7) is 2.06. The van der Waals surface area contributed by atoms with E-state index in [0.717, 1.165) is 12.1 Å². The summed E-state index contributed by atoms with van der Waals surface area (Å²) >= 11 is 0. The van der Waals surface area contributed by atoms with E-state index in [4.69, 9.17) is 0 Å². The molecule has 1 aliphatic carbocycles. The third-order valence-electron chi connectivity index (χ3n) is 3.22. The third kappa shape index (κ3) is 5.49. The van der Waals surface area contributed by atoms with Gasteiger partial charge in [0.15, 0.2) is 0 Å². The molecule has 2 aromatic carbocycles. The van der Waals surface area contributed by atoms with Gasteiger partial charge in [-0.25, -0.2) is 11.6 Å². The standard InChI is InChI=1S/C11H8N3.C6H7.2ClH.Zr/c1-2-4-10-9(3-1)5-6-11(10)14-7-12-13-8-14;1-6-4-2-3-5-6;;;/h1-8H;2,4H,3H2,1H3;2*1H;/q2*-1;;;+2. The van der Waals surface area contributed by atoms with Crippen LogP contribution in [-0.4, -0.2) is 14.8 Å². The molecule has 0 spiro atoms. The molecule has 1 aliphatic rings. The first-order chi connectivity index (χ1) is 9.84. The van der Waals surface area contributed by atoms with Gasteiger partial charge in [-0.15, -0.1) is 43.4 Å². The van der Waals surface area contributed by atoms with E-state index in [1.165, 1.54) is 16.3 Å². The molecule has 0 unspecified atom stereocenters. The molecule has 0 amide bonds. The summed E-state index contributed by atoms with van der Waals surface area (Å²) in [5.41, 5.74) is 2.40. The van der Waals surface area contributed by atoms with Gasteiger partial charge in [-0.2, -0.15) is 16.3 Å². The number of fused-ring (bicyclic) bond motifs is 1. The van der Waals surface area contributed by atoms with Gasteiger partial charge in [0.25, 0.3) is 0 Å². The number of aromatic nitrogens is 3. The number of nitrogens with zero attached hydrogens (tertiary/aromatic N) is 3. The second kappa shape index (κ2) is 10.6. The molecule has 0 bridgehead atoms. The molecule has 0 atom stereocenters. The minimum atomic E-state index is 0. The number of rotatable bonds is 1. The Bertz CT molecular complexity index is 758. The zero-order valence-corrected chi connectivity index (χ0v) is 16.7. The van der Waals surface area contributed by atoms with Crippen LogP contribution in [0, 0.1) is 6.08 Å². The number of benzene rings is 1. The van der Waals surface area contributed by atoms with Crippen molar-refractivity contribution < 1.29 is 26.2 Å². The summed E-state index contributed by atoms with van der Waals surface area (Å²) in [5.74, 6) is 0. The molecular weight excluding hydrogens is 408 g/mol. The Kier molecular flexibility index (Phi) is 10.1. The third-order valence-corrected chi connectivity index (χ3v) is 3.22. The van der Waals surface area contributed by atoms with Crippen molar-refractivity contribution in [3.63, 3.8) is 0 Å². The van der Waals surface area contributed by atoms with Gasteiger partial charge in [-0.05, 0) is 5.69 Å². The van der Waals surface area contributed by atoms with Crippen molar-refractivity contribution in [2.24, 2.45) is 0 Å². The van der Waals surface area contributed by atoms with Crippen LogP contribution in [0.5, 0.6) is 0 Å². The molecule has 1 heterocycles. The fourth-order valence-electron chi connectivity index (χ4n) is 2.20. The van der Waals surface area contributed by atoms with Crippen LogP contribution in [0.15, 0.2) is 66.8 Å². The van der Waals surface area contributed by atoms with Crippen molar-refractivity contribution in [3.05, 3.63) is 72.9 Å². The molecule has 1 aromatic heterocycles. The summed E-state index contributed by atoms with van der Waals surface area (Å²) in [6, 6.07) is 12.5. The smallest absolute Gasteiger partial charge is 0.370 e. The van der Waals surface area contributed by atoms with E-state index < -0.39 is 0 Å². The van der Waals surface area contributed by atoms with Crippen LogP contribution in [0.4, 0.5) is 0 Å². The van der Waals surface area contributed by atoms with Crippen LogP contribution < -0.4 is 0 Å². The first kappa shape index (κ1) is 21.9. The van der Waals surface area contributed by atoms with Crippen molar-refractivity contribution in [1.82, 2.24) is 14.8 Å². The number of hydrogen-bond donors (Lipinski definition) is 0. The van der Waals surface area contributed by atoms with Gasteiger partial charge in [0.05, 0.1) is 12.7 Å². The van der Waals surface area contributed by atoms with Gasteiger partial charge < -0.3 is 4.57 Å². The maximum absolute atomic E-state index is 3.80. The molecule has 118 valence electrons. The summed E-state index contributed by atoms with van der Waals surface area (Å²) in [5, 5.41) is 10.1. The van der Waals surface area contributed by atoms with Crippen LogP contribution in [0.2, 0.25) is 0 Å². The molecular formula is C17H17Cl2N3Zr. The van der Waals surface area contributed by atoms with Crippen molar-refractivity contribution >= 4 is 35.6 Å². The maximum Gasteiger partial charge on any atom is 2.00 e. The quantitative estimate of drug-likeness (QED) is 0.530. The fourth-order valence-corrected chi connectivity index (χ4v) is 2.20. The number of halogens is 2. The van der Waals surface area contributed by atoms with Crippen molar-refractivity contribution in [1.29, 1.82) is 0 Å². The molecule has 0 saturated carbocycles. The Morgan fingerprint density at radius 3 is 2.35 bits per heavy atom. The Labute approximate surface area is 167 Å². The van der Waals surface area contributed by atoms with Gasteiger partial charge in [-0.1, -0.05) is 42.0 Å². The van der Waals surface area contributed by atoms with Crippen LogP contribution in [0.1, 0.15) is 13.3 Å². The molecule has 23 heavy (non-hydrogen) atoms. The number of allylic oxidation sites excluding steroid dienone is 4. The fraction of sp³-hybridized carbons (Fsp3) is 0.118. The van der Waals surface area contributed by atoms with Gasteiger partial charge in [0.2, 0.25) is 0 Å². The summed E-state index contributed by atoms with van der Waals surface area (Å²) in [4.78, 5) is 0. The van der Waals surface area contributed by atoms with Crippen LogP contribution in [-0.2, 0) is 26.2 Å². The van der Waals surface area contributed by atoms with Crippen LogP contribution >= 0.6 is 24.8 Å². The average Bonchev–Trinajstić information content (AvgIpc) is 3.19. The zero-order chi connectivity index (χ0) is 13.8. The van der Waals surface area contributed by atoms with E-state index in [2.05, 4.69) is 59.6 Å².